The van der Waals surface area contributed by atoms with E-state index in [9.17, 15) is 5.11 Å². The number of hydrogen-bond donors (Lipinski definition) is 2. The van der Waals surface area contributed by atoms with Gasteiger partial charge >= 0.3 is 0 Å². The zero-order valence-electron chi connectivity index (χ0n) is 13.4. The van der Waals surface area contributed by atoms with Crippen molar-refractivity contribution in [2.24, 2.45) is 0 Å². The van der Waals surface area contributed by atoms with Crippen LogP contribution < -0.4 is 5.32 Å². The molecule has 21 heavy (non-hydrogen) atoms. The molecule has 0 saturated heterocycles. The number of nitrogens with one attached hydrogen (secondary N) is 1. The van der Waals surface area contributed by atoms with Crippen LogP contribution in [-0.4, -0.2) is 56.6 Å². The van der Waals surface area contributed by atoms with Gasteiger partial charge in [0.2, 0.25) is 0 Å². The van der Waals surface area contributed by atoms with Gasteiger partial charge in [-0.25, -0.2) is 0 Å². The molecule has 2 N–H and O–H groups in total. The van der Waals surface area contributed by atoms with Crippen molar-refractivity contribution in [2.75, 3.05) is 26.2 Å². The van der Waals surface area contributed by atoms with Crippen LogP contribution in [0.2, 0.25) is 0 Å². The molecule has 1 aliphatic rings. The van der Waals surface area contributed by atoms with Crippen LogP contribution in [0.25, 0.3) is 0 Å². The predicted molar refractivity (Wildman–Crippen MR) is 82.9 cm³/mol. The topological polar surface area (TPSA) is 66.2 Å². The zero-order valence-corrected chi connectivity index (χ0v) is 13.4. The standard InChI is InChI=1S/C15H29N5O/c1-3-7-16-15(4-2,12-21)6-5-8-19-9-10-20-13-17-18-14(20)11-19/h13,16,21H,3-12H2,1-2H3. The van der Waals surface area contributed by atoms with Crippen LogP contribution in [0.4, 0.5) is 0 Å². The van der Waals surface area contributed by atoms with Gasteiger partial charge in [-0.1, -0.05) is 13.8 Å². The summed E-state index contributed by atoms with van der Waals surface area (Å²) in [6.07, 6.45) is 6.00. The van der Waals surface area contributed by atoms with Gasteiger partial charge in [-0.15, -0.1) is 10.2 Å². The van der Waals surface area contributed by atoms with E-state index >= 15 is 0 Å². The predicted octanol–water partition coefficient (Wildman–Crippen LogP) is 1.01. The lowest BCUT2D eigenvalue weighted by molar-refractivity contribution is 0.134. The van der Waals surface area contributed by atoms with Gasteiger partial charge in [-0.2, -0.15) is 0 Å². The van der Waals surface area contributed by atoms with E-state index in [1.165, 1.54) is 0 Å². The first-order valence-electron chi connectivity index (χ1n) is 8.18. The van der Waals surface area contributed by atoms with Gasteiger partial charge in [0.15, 0.2) is 0 Å². The molecule has 2 heterocycles. The summed E-state index contributed by atoms with van der Waals surface area (Å²) < 4.78 is 2.13. The minimum Gasteiger partial charge on any atom is -0.394 e. The van der Waals surface area contributed by atoms with Gasteiger partial charge in [0, 0.05) is 18.6 Å². The minimum atomic E-state index is -0.105. The third kappa shape index (κ3) is 4.25. The van der Waals surface area contributed by atoms with E-state index in [-0.39, 0.29) is 12.1 Å². The summed E-state index contributed by atoms with van der Waals surface area (Å²) in [4.78, 5) is 2.43. The molecule has 0 aromatic carbocycles. The molecule has 0 saturated carbocycles. The summed E-state index contributed by atoms with van der Waals surface area (Å²) in [5, 5.41) is 21.4. The van der Waals surface area contributed by atoms with E-state index in [1.807, 2.05) is 6.33 Å². The molecule has 0 spiro atoms. The van der Waals surface area contributed by atoms with Gasteiger partial charge in [-0.05, 0) is 38.8 Å². The SMILES string of the molecule is CCCNC(CC)(CO)CCCN1CCn2cnnc2C1. The van der Waals surface area contributed by atoms with E-state index < -0.39 is 0 Å². The normalized spacial score (nSPS) is 18.4. The lowest BCUT2D eigenvalue weighted by Crippen LogP contribution is -2.49. The van der Waals surface area contributed by atoms with Crippen LogP contribution in [-0.2, 0) is 13.1 Å². The average Bonchev–Trinajstić information content (AvgIpc) is 2.98. The molecule has 1 unspecified atom stereocenters. The molecule has 1 aliphatic heterocycles. The first kappa shape index (κ1) is 16.4. The summed E-state index contributed by atoms with van der Waals surface area (Å²) in [5.74, 6) is 1.06. The van der Waals surface area contributed by atoms with Crippen molar-refractivity contribution in [3.05, 3.63) is 12.2 Å². The zero-order chi connectivity index (χ0) is 15.1. The Bertz CT molecular complexity index is 416. The van der Waals surface area contributed by atoms with Crippen LogP contribution in [0.1, 0.15) is 45.4 Å². The van der Waals surface area contributed by atoms with Crippen LogP contribution in [0.5, 0.6) is 0 Å². The maximum atomic E-state index is 9.74. The highest BCUT2D eigenvalue weighted by Gasteiger charge is 2.26. The minimum absolute atomic E-state index is 0.105. The van der Waals surface area contributed by atoms with Gasteiger partial charge in [-0.3, -0.25) is 4.90 Å². The van der Waals surface area contributed by atoms with Gasteiger partial charge in [0.25, 0.3) is 0 Å². The van der Waals surface area contributed by atoms with Crippen LogP contribution in [0.3, 0.4) is 0 Å². The number of aromatic nitrogens is 3. The second-order valence-electron chi connectivity index (χ2n) is 6.04. The first-order valence-corrected chi connectivity index (χ1v) is 8.18. The second-order valence-corrected chi connectivity index (χ2v) is 6.04. The molecular formula is C15H29N5O. The lowest BCUT2D eigenvalue weighted by Gasteiger charge is -2.34. The van der Waals surface area contributed by atoms with Crippen LogP contribution >= 0.6 is 0 Å². The molecule has 0 radical (unpaired) electrons. The first-order chi connectivity index (χ1) is 10.2. The van der Waals surface area contributed by atoms with E-state index in [1.54, 1.807) is 0 Å². The molecule has 0 amide bonds. The summed E-state index contributed by atoms with van der Waals surface area (Å²) in [7, 11) is 0. The maximum Gasteiger partial charge on any atom is 0.147 e. The Kier molecular flexibility index (Phi) is 6.14. The summed E-state index contributed by atoms with van der Waals surface area (Å²) >= 11 is 0. The fourth-order valence-corrected chi connectivity index (χ4v) is 2.98. The Labute approximate surface area is 127 Å². The van der Waals surface area contributed by atoms with Crippen molar-refractivity contribution in [2.45, 2.75) is 58.2 Å². The Balaban J connectivity index is 1.77. The van der Waals surface area contributed by atoms with Crippen LogP contribution in [0, 0.1) is 0 Å². The molecule has 6 heteroatoms. The highest BCUT2D eigenvalue weighted by atomic mass is 16.3. The van der Waals surface area contributed by atoms with Crippen molar-refractivity contribution in [3.63, 3.8) is 0 Å². The summed E-state index contributed by atoms with van der Waals surface area (Å²) in [6, 6.07) is 0. The number of aliphatic hydroxyl groups excluding tert-OH is 1. The van der Waals surface area contributed by atoms with E-state index in [4.69, 9.17) is 0 Å². The Morgan fingerprint density at radius 2 is 2.24 bits per heavy atom. The van der Waals surface area contributed by atoms with Gasteiger partial charge in [0.1, 0.15) is 12.2 Å². The Morgan fingerprint density at radius 1 is 1.38 bits per heavy atom. The van der Waals surface area contributed by atoms with Gasteiger partial charge in [0.05, 0.1) is 13.2 Å². The highest BCUT2D eigenvalue weighted by Crippen LogP contribution is 2.18. The van der Waals surface area contributed by atoms with Gasteiger partial charge < -0.3 is 15.0 Å². The number of nitrogens with zero attached hydrogens (tertiary/aromatic N) is 4. The molecule has 1 aromatic heterocycles. The number of aliphatic hydroxyl groups is 1. The maximum absolute atomic E-state index is 9.74. The third-order valence-electron chi connectivity index (χ3n) is 4.58. The molecule has 6 nitrogen and oxygen atoms in total. The van der Waals surface area contributed by atoms with Crippen molar-refractivity contribution in [1.82, 2.24) is 25.0 Å². The largest absolute Gasteiger partial charge is 0.394 e. The van der Waals surface area contributed by atoms with Crippen molar-refractivity contribution < 1.29 is 5.11 Å². The smallest absolute Gasteiger partial charge is 0.147 e. The van der Waals surface area contributed by atoms with Crippen molar-refractivity contribution in [3.8, 4) is 0 Å². The van der Waals surface area contributed by atoms with Crippen molar-refractivity contribution >= 4 is 0 Å². The fourth-order valence-electron chi connectivity index (χ4n) is 2.98. The van der Waals surface area contributed by atoms with E-state index in [2.05, 4.69) is 38.8 Å². The molecule has 1 aromatic rings. The Hall–Kier alpha value is -0.980. The molecular weight excluding hydrogens is 266 g/mol. The van der Waals surface area contributed by atoms with E-state index in [0.29, 0.717) is 0 Å². The van der Waals surface area contributed by atoms with Crippen LogP contribution in [0.15, 0.2) is 6.33 Å². The summed E-state index contributed by atoms with van der Waals surface area (Å²) in [5.41, 5.74) is -0.105. The summed E-state index contributed by atoms with van der Waals surface area (Å²) in [6.45, 7) is 9.50. The third-order valence-corrected chi connectivity index (χ3v) is 4.58. The average molecular weight is 295 g/mol. The quantitative estimate of drug-likeness (QED) is 0.712. The molecule has 0 fully saturated rings. The molecule has 0 aliphatic carbocycles. The lowest BCUT2D eigenvalue weighted by atomic mass is 9.91. The molecule has 2 rings (SSSR count). The monoisotopic (exact) mass is 295 g/mol. The second kappa shape index (κ2) is 7.87. The fraction of sp³-hybridized carbons (Fsp3) is 0.867. The van der Waals surface area contributed by atoms with Crippen molar-refractivity contribution in [1.29, 1.82) is 0 Å². The van der Waals surface area contributed by atoms with E-state index in [0.717, 1.165) is 64.2 Å². The number of rotatable bonds is 9. The highest BCUT2D eigenvalue weighted by molar-refractivity contribution is 4.91. The number of fused-ring (bicyclic) bond motifs is 1. The number of hydrogen-bond acceptors (Lipinski definition) is 5. The molecule has 1 atom stereocenters. The molecule has 120 valence electrons. The molecule has 0 bridgehead atoms. The Morgan fingerprint density at radius 3 is 2.95 bits per heavy atom.